The van der Waals surface area contributed by atoms with Gasteiger partial charge in [-0.25, -0.2) is 0 Å². The zero-order valence-electron chi connectivity index (χ0n) is 13.7. The molecule has 0 aliphatic carbocycles. The quantitative estimate of drug-likeness (QED) is 0.837. The maximum atomic E-state index is 12.5. The third-order valence-electron chi connectivity index (χ3n) is 4.16. The molecule has 23 heavy (non-hydrogen) atoms. The third-order valence-corrected chi connectivity index (χ3v) is 4.16. The summed E-state index contributed by atoms with van der Waals surface area (Å²) >= 11 is 0. The minimum atomic E-state index is -0.904. The monoisotopic (exact) mass is 319 g/mol. The fourth-order valence-electron chi connectivity index (χ4n) is 2.83. The summed E-state index contributed by atoms with van der Waals surface area (Å²) in [4.78, 5) is 25.1. The first-order valence-corrected chi connectivity index (χ1v) is 8.27. The minimum Gasteiger partial charge on any atom is -0.481 e. The predicted molar refractivity (Wildman–Crippen MR) is 87.3 cm³/mol. The number of nitrogens with zero attached hydrogens (tertiary/aromatic N) is 1. The number of aryl methyl sites for hydroxylation is 1. The number of carbonyl (C=O) groups is 2. The molecule has 1 N–H and O–H groups in total. The molecule has 1 aromatic rings. The van der Waals surface area contributed by atoms with Gasteiger partial charge in [-0.2, -0.15) is 0 Å². The number of hydrogen-bond donors (Lipinski definition) is 1. The molecule has 126 valence electrons. The Hall–Kier alpha value is -1.88. The second-order valence-electron chi connectivity index (χ2n) is 6.01. The number of hydrogen-bond acceptors (Lipinski definition) is 3. The molecule has 1 amide bonds. The molecule has 1 saturated heterocycles. The highest BCUT2D eigenvalue weighted by atomic mass is 16.5. The van der Waals surface area contributed by atoms with Crippen LogP contribution in [0.1, 0.15) is 37.3 Å². The average Bonchev–Trinajstić information content (AvgIpc) is 2.54. The van der Waals surface area contributed by atoms with E-state index in [4.69, 9.17) is 9.84 Å². The molecule has 1 aliphatic rings. The van der Waals surface area contributed by atoms with Gasteiger partial charge in [-0.1, -0.05) is 37.6 Å². The molecule has 1 fully saturated rings. The molecular formula is C18H25NO4. The Morgan fingerprint density at radius 1 is 1.26 bits per heavy atom. The Balaban J connectivity index is 1.95. The minimum absolute atomic E-state index is 0.0270. The molecule has 1 atom stereocenters. The summed E-state index contributed by atoms with van der Waals surface area (Å²) < 4.78 is 5.31. The molecule has 1 aliphatic heterocycles. The SMILES string of the molecule is CCCCc1ccc(CC(=O)N2CCOCC2CC(=O)O)cc1. The van der Waals surface area contributed by atoms with Crippen LogP contribution in [0.15, 0.2) is 24.3 Å². The van der Waals surface area contributed by atoms with Gasteiger partial charge in [-0.15, -0.1) is 0 Å². The first kappa shape index (κ1) is 17.5. The van der Waals surface area contributed by atoms with Crippen LogP contribution in [0.4, 0.5) is 0 Å². The lowest BCUT2D eigenvalue weighted by atomic mass is 10.0. The Morgan fingerprint density at radius 3 is 2.61 bits per heavy atom. The summed E-state index contributed by atoms with van der Waals surface area (Å²) in [6, 6.07) is 7.78. The molecule has 5 heteroatoms. The van der Waals surface area contributed by atoms with Crippen LogP contribution < -0.4 is 0 Å². The summed E-state index contributed by atoms with van der Waals surface area (Å²) in [6.45, 7) is 3.40. The van der Waals surface area contributed by atoms with Crippen molar-refractivity contribution in [2.75, 3.05) is 19.8 Å². The Labute approximate surface area is 137 Å². The fourth-order valence-corrected chi connectivity index (χ4v) is 2.83. The Bertz CT molecular complexity index is 526. The normalized spacial score (nSPS) is 18.0. The first-order chi connectivity index (χ1) is 11.1. The van der Waals surface area contributed by atoms with Gasteiger partial charge in [-0.3, -0.25) is 9.59 Å². The fraction of sp³-hybridized carbons (Fsp3) is 0.556. The molecule has 1 aromatic carbocycles. The second kappa shape index (κ2) is 8.67. The van der Waals surface area contributed by atoms with Crippen molar-refractivity contribution in [1.82, 2.24) is 4.90 Å². The van der Waals surface area contributed by atoms with E-state index in [1.54, 1.807) is 4.90 Å². The molecule has 5 nitrogen and oxygen atoms in total. The number of unbranched alkanes of at least 4 members (excludes halogenated alkanes) is 1. The van der Waals surface area contributed by atoms with E-state index in [-0.39, 0.29) is 18.4 Å². The summed E-state index contributed by atoms with van der Waals surface area (Å²) in [5.74, 6) is -0.931. The number of carboxylic acids is 1. The number of morpholine rings is 1. The Kier molecular flexibility index (Phi) is 6.59. The van der Waals surface area contributed by atoms with Gasteiger partial charge in [0.25, 0.3) is 0 Å². The molecule has 0 radical (unpaired) electrons. The number of amides is 1. The average molecular weight is 319 g/mol. The van der Waals surface area contributed by atoms with E-state index in [2.05, 4.69) is 19.1 Å². The Morgan fingerprint density at radius 2 is 1.96 bits per heavy atom. The van der Waals surface area contributed by atoms with Crippen LogP contribution in [0, 0.1) is 0 Å². The van der Waals surface area contributed by atoms with Crippen LogP contribution in [0.5, 0.6) is 0 Å². The van der Waals surface area contributed by atoms with Crippen LogP contribution in [-0.4, -0.2) is 47.7 Å². The molecule has 0 spiro atoms. The van der Waals surface area contributed by atoms with E-state index >= 15 is 0 Å². The van der Waals surface area contributed by atoms with Gasteiger partial charge in [-0.05, 0) is 24.0 Å². The maximum Gasteiger partial charge on any atom is 0.305 e. The van der Waals surface area contributed by atoms with Gasteiger partial charge in [0, 0.05) is 6.54 Å². The van der Waals surface area contributed by atoms with Crippen molar-refractivity contribution in [3.05, 3.63) is 35.4 Å². The first-order valence-electron chi connectivity index (χ1n) is 8.27. The van der Waals surface area contributed by atoms with Gasteiger partial charge in [0.05, 0.1) is 32.1 Å². The van der Waals surface area contributed by atoms with Crippen molar-refractivity contribution < 1.29 is 19.4 Å². The summed E-state index contributed by atoms with van der Waals surface area (Å²) in [5, 5.41) is 8.96. The van der Waals surface area contributed by atoms with E-state index in [1.165, 1.54) is 18.4 Å². The topological polar surface area (TPSA) is 66.8 Å². The van der Waals surface area contributed by atoms with Crippen LogP contribution in [0.25, 0.3) is 0 Å². The lowest BCUT2D eigenvalue weighted by molar-refractivity contribution is -0.145. The zero-order valence-corrected chi connectivity index (χ0v) is 13.7. The second-order valence-corrected chi connectivity index (χ2v) is 6.01. The van der Waals surface area contributed by atoms with Gasteiger partial charge in [0.15, 0.2) is 0 Å². The number of aliphatic carboxylic acids is 1. The van der Waals surface area contributed by atoms with E-state index in [1.807, 2.05) is 12.1 Å². The van der Waals surface area contributed by atoms with Crippen LogP contribution in [0.2, 0.25) is 0 Å². The van der Waals surface area contributed by atoms with Crippen LogP contribution >= 0.6 is 0 Å². The summed E-state index contributed by atoms with van der Waals surface area (Å²) in [7, 11) is 0. The highest BCUT2D eigenvalue weighted by Gasteiger charge is 2.28. The molecular weight excluding hydrogens is 294 g/mol. The smallest absolute Gasteiger partial charge is 0.305 e. The number of benzene rings is 1. The van der Waals surface area contributed by atoms with Crippen molar-refractivity contribution in [1.29, 1.82) is 0 Å². The molecule has 0 saturated carbocycles. The van der Waals surface area contributed by atoms with Crippen molar-refractivity contribution in [3.8, 4) is 0 Å². The van der Waals surface area contributed by atoms with Crippen molar-refractivity contribution >= 4 is 11.9 Å². The molecule has 2 rings (SSSR count). The van der Waals surface area contributed by atoms with Crippen molar-refractivity contribution in [3.63, 3.8) is 0 Å². The number of ether oxygens (including phenoxy) is 1. The highest BCUT2D eigenvalue weighted by molar-refractivity contribution is 5.80. The number of carboxylic acid groups (broad SMARTS) is 1. The largest absolute Gasteiger partial charge is 0.481 e. The van der Waals surface area contributed by atoms with E-state index in [0.717, 1.165) is 12.0 Å². The zero-order chi connectivity index (χ0) is 16.7. The van der Waals surface area contributed by atoms with Crippen LogP contribution in [0.3, 0.4) is 0 Å². The predicted octanol–water partition coefficient (Wildman–Crippen LogP) is 2.27. The van der Waals surface area contributed by atoms with Gasteiger partial charge in [0.2, 0.25) is 5.91 Å². The lowest BCUT2D eigenvalue weighted by Gasteiger charge is -2.35. The maximum absolute atomic E-state index is 12.5. The number of rotatable bonds is 7. The van der Waals surface area contributed by atoms with Gasteiger partial charge >= 0.3 is 5.97 Å². The van der Waals surface area contributed by atoms with Gasteiger partial charge in [0.1, 0.15) is 0 Å². The lowest BCUT2D eigenvalue weighted by Crippen LogP contribution is -2.50. The van der Waals surface area contributed by atoms with Crippen molar-refractivity contribution in [2.24, 2.45) is 0 Å². The van der Waals surface area contributed by atoms with E-state index in [9.17, 15) is 9.59 Å². The highest BCUT2D eigenvalue weighted by Crippen LogP contribution is 2.14. The van der Waals surface area contributed by atoms with Crippen molar-refractivity contribution in [2.45, 2.75) is 45.1 Å². The standard InChI is InChI=1S/C18H25NO4/c1-2-3-4-14-5-7-15(8-6-14)11-17(20)19-9-10-23-13-16(19)12-18(21)22/h5-8,16H,2-4,9-13H2,1H3,(H,21,22). The van der Waals surface area contributed by atoms with E-state index < -0.39 is 5.97 Å². The van der Waals surface area contributed by atoms with E-state index in [0.29, 0.717) is 26.2 Å². The molecule has 1 unspecified atom stereocenters. The number of carbonyl (C=O) groups excluding carboxylic acids is 1. The third kappa shape index (κ3) is 5.36. The van der Waals surface area contributed by atoms with Crippen LogP contribution in [-0.2, 0) is 27.2 Å². The molecule has 0 aromatic heterocycles. The molecule has 0 bridgehead atoms. The molecule has 1 heterocycles. The summed E-state index contributed by atoms with van der Waals surface area (Å²) in [6.07, 6.45) is 3.64. The van der Waals surface area contributed by atoms with Gasteiger partial charge < -0.3 is 14.7 Å². The summed E-state index contributed by atoms with van der Waals surface area (Å²) in [5.41, 5.74) is 2.26.